The Morgan fingerprint density at radius 1 is 1.30 bits per heavy atom. The summed E-state index contributed by atoms with van der Waals surface area (Å²) in [6, 6.07) is 4.35. The van der Waals surface area contributed by atoms with Crippen LogP contribution in [0.25, 0.3) is 0 Å². The van der Waals surface area contributed by atoms with E-state index in [2.05, 4.69) is 4.72 Å². The molecule has 2 fully saturated rings. The highest BCUT2D eigenvalue weighted by atomic mass is 32.2. The van der Waals surface area contributed by atoms with Gasteiger partial charge in [0.1, 0.15) is 11.9 Å². The summed E-state index contributed by atoms with van der Waals surface area (Å²) in [5, 5.41) is 0. The first-order valence-electron chi connectivity index (χ1n) is 7.64. The highest BCUT2D eigenvalue weighted by molar-refractivity contribution is 7.89. The van der Waals surface area contributed by atoms with E-state index >= 15 is 0 Å². The molecule has 2 atom stereocenters. The van der Waals surface area contributed by atoms with E-state index < -0.39 is 15.8 Å². The molecule has 2 aliphatic heterocycles. The predicted octanol–water partition coefficient (Wildman–Crippen LogP) is 0.884. The number of cyclic esters (lactones) is 1. The maximum atomic E-state index is 13.2. The van der Waals surface area contributed by atoms with Gasteiger partial charge >= 0.3 is 5.97 Å². The molecule has 1 aromatic carbocycles. The van der Waals surface area contributed by atoms with Gasteiger partial charge in [0.05, 0.1) is 11.5 Å². The fourth-order valence-corrected chi connectivity index (χ4v) is 4.42. The minimum Gasteiger partial charge on any atom is -0.464 e. The van der Waals surface area contributed by atoms with Crippen LogP contribution in [0.15, 0.2) is 29.2 Å². The smallest absolute Gasteiger partial charge is 0.323 e. The van der Waals surface area contributed by atoms with Gasteiger partial charge in [-0.05, 0) is 37.6 Å². The Bertz CT molecular complexity index is 694. The molecule has 0 amide bonds. The molecule has 0 bridgehead atoms. The molecule has 2 heterocycles. The lowest BCUT2D eigenvalue weighted by Gasteiger charge is -2.35. The first-order chi connectivity index (χ1) is 11.0. The quantitative estimate of drug-likeness (QED) is 0.822. The van der Waals surface area contributed by atoms with Crippen LogP contribution in [-0.2, 0) is 19.6 Å². The molecule has 1 aromatic rings. The van der Waals surface area contributed by atoms with Crippen molar-refractivity contribution in [1.82, 2.24) is 9.62 Å². The molecule has 8 heteroatoms. The van der Waals surface area contributed by atoms with Gasteiger partial charge in [0, 0.05) is 19.0 Å². The number of hydrogen-bond donors (Lipinski definition) is 1. The van der Waals surface area contributed by atoms with Gasteiger partial charge in [-0.15, -0.1) is 0 Å². The van der Waals surface area contributed by atoms with Crippen LogP contribution in [-0.4, -0.2) is 51.1 Å². The van der Waals surface area contributed by atoms with Gasteiger partial charge in [0.2, 0.25) is 10.0 Å². The summed E-state index contributed by atoms with van der Waals surface area (Å²) < 4.78 is 45.5. The SMILES string of the molecule is O=C1OCC[C@H]1N1CCC[C@@H](NS(=O)(=O)c2cccc(F)c2)C1. The lowest BCUT2D eigenvalue weighted by Crippen LogP contribution is -2.52. The van der Waals surface area contributed by atoms with Gasteiger partial charge in [-0.3, -0.25) is 9.69 Å². The lowest BCUT2D eigenvalue weighted by molar-refractivity contribution is -0.142. The standard InChI is InChI=1S/C15H19FN2O4S/c16-11-3-1-5-13(9-11)23(20,21)17-12-4-2-7-18(10-12)14-6-8-22-15(14)19/h1,3,5,9,12,14,17H,2,4,6-8,10H2/t12-,14-/m1/s1. The fourth-order valence-electron chi connectivity index (χ4n) is 3.12. The van der Waals surface area contributed by atoms with Crippen molar-refractivity contribution in [3.05, 3.63) is 30.1 Å². The lowest BCUT2D eigenvalue weighted by atomic mass is 10.0. The largest absolute Gasteiger partial charge is 0.464 e. The third kappa shape index (κ3) is 3.70. The van der Waals surface area contributed by atoms with E-state index in [0.29, 0.717) is 26.0 Å². The average molecular weight is 342 g/mol. The Hall–Kier alpha value is -1.51. The molecule has 0 aliphatic carbocycles. The minimum atomic E-state index is -3.78. The number of esters is 1. The number of likely N-dealkylation sites (tertiary alicyclic amines) is 1. The van der Waals surface area contributed by atoms with E-state index in [1.165, 1.54) is 18.2 Å². The Morgan fingerprint density at radius 3 is 2.83 bits per heavy atom. The maximum absolute atomic E-state index is 13.2. The molecule has 1 N–H and O–H groups in total. The fraction of sp³-hybridized carbons (Fsp3) is 0.533. The van der Waals surface area contributed by atoms with Crippen LogP contribution in [0.5, 0.6) is 0 Å². The second-order valence-corrected chi connectivity index (χ2v) is 7.60. The van der Waals surface area contributed by atoms with Crippen LogP contribution in [0.1, 0.15) is 19.3 Å². The Balaban J connectivity index is 1.68. The molecular formula is C15H19FN2O4S. The Kier molecular flexibility index (Phi) is 4.65. The van der Waals surface area contributed by atoms with Crippen LogP contribution >= 0.6 is 0 Å². The van der Waals surface area contributed by atoms with E-state index in [9.17, 15) is 17.6 Å². The summed E-state index contributed by atoms with van der Waals surface area (Å²) in [5.41, 5.74) is 0. The summed E-state index contributed by atoms with van der Waals surface area (Å²) in [7, 11) is -3.78. The van der Waals surface area contributed by atoms with Crippen molar-refractivity contribution in [3.63, 3.8) is 0 Å². The van der Waals surface area contributed by atoms with Crippen LogP contribution in [0.4, 0.5) is 4.39 Å². The molecular weight excluding hydrogens is 323 g/mol. The molecule has 3 rings (SSSR count). The third-order valence-corrected chi connectivity index (χ3v) is 5.75. The molecule has 0 unspecified atom stereocenters. The van der Waals surface area contributed by atoms with Gasteiger partial charge in [-0.2, -0.15) is 0 Å². The summed E-state index contributed by atoms with van der Waals surface area (Å²) >= 11 is 0. The molecule has 6 nitrogen and oxygen atoms in total. The molecule has 0 aromatic heterocycles. The number of benzene rings is 1. The van der Waals surface area contributed by atoms with Gasteiger partial charge in [-0.1, -0.05) is 6.07 Å². The molecule has 0 saturated carbocycles. The number of nitrogens with zero attached hydrogens (tertiary/aromatic N) is 1. The van der Waals surface area contributed by atoms with Crippen LogP contribution in [0.2, 0.25) is 0 Å². The Labute approximate surface area is 134 Å². The number of hydrogen-bond acceptors (Lipinski definition) is 5. The topological polar surface area (TPSA) is 75.7 Å². The number of carbonyl (C=O) groups excluding carboxylic acids is 1. The zero-order valence-electron chi connectivity index (χ0n) is 12.6. The van der Waals surface area contributed by atoms with Crippen molar-refractivity contribution in [2.75, 3.05) is 19.7 Å². The summed E-state index contributed by atoms with van der Waals surface area (Å²) in [4.78, 5) is 13.6. The van der Waals surface area contributed by atoms with E-state index in [4.69, 9.17) is 4.74 Å². The summed E-state index contributed by atoms with van der Waals surface area (Å²) in [6.45, 7) is 1.62. The zero-order chi connectivity index (χ0) is 16.4. The Morgan fingerprint density at radius 2 is 2.13 bits per heavy atom. The number of rotatable bonds is 4. The molecule has 2 saturated heterocycles. The number of halogens is 1. The molecule has 126 valence electrons. The van der Waals surface area contributed by atoms with Crippen LogP contribution in [0, 0.1) is 5.82 Å². The van der Waals surface area contributed by atoms with E-state index in [0.717, 1.165) is 19.0 Å². The summed E-state index contributed by atoms with van der Waals surface area (Å²) in [5.74, 6) is -0.828. The van der Waals surface area contributed by atoms with E-state index in [1.807, 2.05) is 4.90 Å². The first kappa shape index (κ1) is 16.4. The maximum Gasteiger partial charge on any atom is 0.323 e. The van der Waals surface area contributed by atoms with Crippen LogP contribution in [0.3, 0.4) is 0 Å². The van der Waals surface area contributed by atoms with Gasteiger partial charge < -0.3 is 4.74 Å². The highest BCUT2D eigenvalue weighted by Crippen LogP contribution is 2.21. The number of nitrogens with one attached hydrogen (secondary N) is 1. The second-order valence-electron chi connectivity index (χ2n) is 5.88. The van der Waals surface area contributed by atoms with Crippen molar-refractivity contribution in [1.29, 1.82) is 0 Å². The van der Waals surface area contributed by atoms with Gasteiger partial charge in [0.15, 0.2) is 0 Å². The average Bonchev–Trinajstić information content (AvgIpc) is 2.93. The van der Waals surface area contributed by atoms with Crippen molar-refractivity contribution in [2.45, 2.75) is 36.2 Å². The third-order valence-electron chi connectivity index (χ3n) is 4.23. The normalized spacial score (nSPS) is 26.2. The molecule has 23 heavy (non-hydrogen) atoms. The minimum absolute atomic E-state index is 0.0881. The number of piperidine rings is 1. The van der Waals surface area contributed by atoms with Gasteiger partial charge in [0.25, 0.3) is 0 Å². The second kappa shape index (κ2) is 6.54. The summed E-state index contributed by atoms with van der Waals surface area (Å²) in [6.07, 6.45) is 2.12. The number of ether oxygens (including phenoxy) is 1. The van der Waals surface area contributed by atoms with Crippen molar-refractivity contribution < 1.29 is 22.3 Å². The zero-order valence-corrected chi connectivity index (χ0v) is 13.4. The number of carbonyl (C=O) groups is 1. The van der Waals surface area contributed by atoms with Crippen molar-refractivity contribution in [2.24, 2.45) is 0 Å². The highest BCUT2D eigenvalue weighted by Gasteiger charge is 2.36. The molecule has 0 radical (unpaired) electrons. The van der Waals surface area contributed by atoms with Crippen LogP contribution < -0.4 is 4.72 Å². The first-order valence-corrected chi connectivity index (χ1v) is 9.12. The number of sulfonamides is 1. The monoisotopic (exact) mass is 342 g/mol. The molecule has 0 spiro atoms. The predicted molar refractivity (Wildman–Crippen MR) is 80.7 cm³/mol. The van der Waals surface area contributed by atoms with Gasteiger partial charge in [-0.25, -0.2) is 17.5 Å². The molecule has 2 aliphatic rings. The van der Waals surface area contributed by atoms with Crippen molar-refractivity contribution in [3.8, 4) is 0 Å². The van der Waals surface area contributed by atoms with E-state index in [-0.39, 0.29) is 22.9 Å². The van der Waals surface area contributed by atoms with Crippen molar-refractivity contribution >= 4 is 16.0 Å². The van der Waals surface area contributed by atoms with E-state index in [1.54, 1.807) is 0 Å².